The molecule has 0 aliphatic carbocycles. The Morgan fingerprint density at radius 1 is 1.43 bits per heavy atom. The van der Waals surface area contributed by atoms with Crippen LogP contribution in [0.4, 0.5) is 10.6 Å². The minimum Gasteiger partial charge on any atom is -0.444 e. The molecule has 1 fully saturated rings. The van der Waals surface area contributed by atoms with E-state index in [4.69, 9.17) is 4.74 Å². The van der Waals surface area contributed by atoms with Crippen LogP contribution in [0.3, 0.4) is 0 Å². The lowest BCUT2D eigenvalue weighted by molar-refractivity contribution is 0.0235. The van der Waals surface area contributed by atoms with Gasteiger partial charge in [-0.1, -0.05) is 0 Å². The highest BCUT2D eigenvalue weighted by atomic mass is 16.6. The summed E-state index contributed by atoms with van der Waals surface area (Å²) >= 11 is 0. The van der Waals surface area contributed by atoms with Gasteiger partial charge in [0, 0.05) is 25.4 Å². The second-order valence-corrected chi connectivity index (χ2v) is 6.80. The monoisotopic (exact) mass is 317 g/mol. The third-order valence-electron chi connectivity index (χ3n) is 3.78. The third kappa shape index (κ3) is 3.72. The minimum absolute atomic E-state index is 0.132. The normalized spacial score (nSPS) is 18.4. The van der Waals surface area contributed by atoms with E-state index < -0.39 is 5.60 Å². The summed E-state index contributed by atoms with van der Waals surface area (Å²) in [6, 6.07) is 3.87. The van der Waals surface area contributed by atoms with Crippen molar-refractivity contribution < 1.29 is 9.53 Å². The van der Waals surface area contributed by atoms with Crippen LogP contribution in [0.15, 0.2) is 24.5 Å². The molecule has 23 heavy (non-hydrogen) atoms. The molecule has 0 aromatic carbocycles. The van der Waals surface area contributed by atoms with Crippen molar-refractivity contribution in [3.63, 3.8) is 0 Å². The van der Waals surface area contributed by atoms with Gasteiger partial charge in [0.2, 0.25) is 0 Å². The van der Waals surface area contributed by atoms with Gasteiger partial charge in [0.15, 0.2) is 5.65 Å². The van der Waals surface area contributed by atoms with Gasteiger partial charge in [-0.2, -0.15) is 5.10 Å². The molecule has 1 atom stereocenters. The van der Waals surface area contributed by atoms with Crippen molar-refractivity contribution >= 4 is 17.6 Å². The molecular formula is C16H23N5O2. The Hall–Kier alpha value is -2.31. The Kier molecular flexibility index (Phi) is 4.11. The van der Waals surface area contributed by atoms with Crippen LogP contribution in [0.1, 0.15) is 33.6 Å². The van der Waals surface area contributed by atoms with Gasteiger partial charge in [0.1, 0.15) is 11.4 Å². The van der Waals surface area contributed by atoms with Crippen LogP contribution in [-0.2, 0) is 4.74 Å². The smallest absolute Gasteiger partial charge is 0.410 e. The maximum atomic E-state index is 12.3. The summed E-state index contributed by atoms with van der Waals surface area (Å²) in [6.45, 7) is 7.07. The van der Waals surface area contributed by atoms with Gasteiger partial charge in [0.05, 0.1) is 12.2 Å². The number of rotatable bonds is 3. The molecule has 0 radical (unpaired) electrons. The summed E-state index contributed by atoms with van der Waals surface area (Å²) in [4.78, 5) is 18.6. The predicted octanol–water partition coefficient (Wildman–Crippen LogP) is 2.54. The van der Waals surface area contributed by atoms with Crippen LogP contribution in [0, 0.1) is 0 Å². The number of nitrogens with one attached hydrogen (secondary N) is 1. The third-order valence-corrected chi connectivity index (χ3v) is 3.78. The summed E-state index contributed by atoms with van der Waals surface area (Å²) in [7, 11) is 0. The zero-order valence-electron chi connectivity index (χ0n) is 13.8. The lowest BCUT2D eigenvalue weighted by Crippen LogP contribution is -2.42. The number of anilines is 1. The van der Waals surface area contributed by atoms with E-state index in [1.54, 1.807) is 10.7 Å². The molecule has 0 spiro atoms. The number of likely N-dealkylation sites (tertiary alicyclic amines) is 1. The van der Waals surface area contributed by atoms with E-state index in [9.17, 15) is 4.79 Å². The van der Waals surface area contributed by atoms with Gasteiger partial charge in [-0.3, -0.25) is 0 Å². The number of fused-ring (bicyclic) bond motifs is 1. The Bertz CT molecular complexity index is 691. The van der Waals surface area contributed by atoms with E-state index in [0.29, 0.717) is 6.54 Å². The van der Waals surface area contributed by atoms with Gasteiger partial charge in [-0.15, -0.1) is 0 Å². The number of ether oxygens (including phenoxy) is 1. The molecule has 1 amide bonds. The molecule has 1 unspecified atom stereocenters. The first-order valence-electron chi connectivity index (χ1n) is 7.96. The molecule has 7 nitrogen and oxygen atoms in total. The van der Waals surface area contributed by atoms with Crippen LogP contribution in [0.25, 0.3) is 5.65 Å². The molecule has 3 heterocycles. The fourth-order valence-electron chi connectivity index (χ4n) is 2.74. The second-order valence-electron chi connectivity index (χ2n) is 6.80. The molecule has 1 saturated heterocycles. The molecule has 7 heteroatoms. The Balaban J connectivity index is 1.61. The molecule has 1 aliphatic heterocycles. The van der Waals surface area contributed by atoms with Gasteiger partial charge >= 0.3 is 6.09 Å². The highest BCUT2D eigenvalue weighted by molar-refractivity contribution is 5.69. The van der Waals surface area contributed by atoms with Gasteiger partial charge in [0.25, 0.3) is 0 Å². The summed E-state index contributed by atoms with van der Waals surface area (Å²) in [6.07, 6.45) is 5.32. The van der Waals surface area contributed by atoms with Crippen molar-refractivity contribution in [2.75, 3.05) is 18.4 Å². The number of aromatic nitrogens is 3. The van der Waals surface area contributed by atoms with E-state index >= 15 is 0 Å². The maximum absolute atomic E-state index is 12.3. The van der Waals surface area contributed by atoms with Crippen molar-refractivity contribution in [1.82, 2.24) is 19.5 Å². The van der Waals surface area contributed by atoms with Crippen LogP contribution in [-0.4, -0.2) is 50.3 Å². The molecule has 0 saturated carbocycles. The quantitative estimate of drug-likeness (QED) is 0.942. The number of amides is 1. The van der Waals surface area contributed by atoms with Crippen molar-refractivity contribution in [2.45, 2.75) is 45.3 Å². The zero-order chi connectivity index (χ0) is 16.4. The topological polar surface area (TPSA) is 71.8 Å². The van der Waals surface area contributed by atoms with Gasteiger partial charge in [-0.25, -0.2) is 14.3 Å². The SMILES string of the molecule is CC(C)(C)OC(=O)N1CCCC1CNc1ccn2nccc2n1. The minimum atomic E-state index is -0.466. The largest absolute Gasteiger partial charge is 0.444 e. The van der Waals surface area contributed by atoms with Crippen LogP contribution >= 0.6 is 0 Å². The molecule has 1 N–H and O–H groups in total. The van der Waals surface area contributed by atoms with E-state index in [2.05, 4.69) is 15.4 Å². The van der Waals surface area contributed by atoms with E-state index in [0.717, 1.165) is 30.9 Å². The van der Waals surface area contributed by atoms with E-state index in [-0.39, 0.29) is 12.1 Å². The molecule has 0 bridgehead atoms. The summed E-state index contributed by atoms with van der Waals surface area (Å²) < 4.78 is 7.20. The molecule has 2 aromatic heterocycles. The van der Waals surface area contributed by atoms with Crippen molar-refractivity contribution in [3.8, 4) is 0 Å². The first-order valence-corrected chi connectivity index (χ1v) is 7.96. The molecule has 124 valence electrons. The lowest BCUT2D eigenvalue weighted by Gasteiger charge is -2.28. The summed E-state index contributed by atoms with van der Waals surface area (Å²) in [5.41, 5.74) is 0.331. The fraction of sp³-hybridized carbons (Fsp3) is 0.562. The van der Waals surface area contributed by atoms with E-state index in [1.165, 1.54) is 0 Å². The van der Waals surface area contributed by atoms with Crippen molar-refractivity contribution in [3.05, 3.63) is 24.5 Å². The average molecular weight is 317 g/mol. The predicted molar refractivity (Wildman–Crippen MR) is 87.4 cm³/mol. The first-order chi connectivity index (χ1) is 10.9. The van der Waals surface area contributed by atoms with E-state index in [1.807, 2.05) is 44.0 Å². The summed E-state index contributed by atoms with van der Waals surface area (Å²) in [5, 5.41) is 7.44. The second kappa shape index (κ2) is 6.06. The molecule has 1 aliphatic rings. The highest BCUT2D eigenvalue weighted by Crippen LogP contribution is 2.21. The van der Waals surface area contributed by atoms with Crippen LogP contribution < -0.4 is 5.32 Å². The lowest BCUT2D eigenvalue weighted by atomic mass is 10.2. The first kappa shape index (κ1) is 15.6. The molecule has 3 rings (SSSR count). The number of hydrogen-bond donors (Lipinski definition) is 1. The Morgan fingerprint density at radius 3 is 3.04 bits per heavy atom. The summed E-state index contributed by atoms with van der Waals surface area (Å²) in [5.74, 6) is 0.786. The molecule has 2 aromatic rings. The number of nitrogens with zero attached hydrogens (tertiary/aromatic N) is 4. The highest BCUT2D eigenvalue weighted by Gasteiger charge is 2.31. The Morgan fingerprint density at radius 2 is 2.26 bits per heavy atom. The van der Waals surface area contributed by atoms with Crippen LogP contribution in [0.5, 0.6) is 0 Å². The zero-order valence-corrected chi connectivity index (χ0v) is 13.8. The number of carbonyl (C=O) groups is 1. The maximum Gasteiger partial charge on any atom is 0.410 e. The molecular weight excluding hydrogens is 294 g/mol. The number of hydrogen-bond acceptors (Lipinski definition) is 5. The van der Waals surface area contributed by atoms with Crippen molar-refractivity contribution in [2.24, 2.45) is 0 Å². The average Bonchev–Trinajstić information content (AvgIpc) is 3.11. The van der Waals surface area contributed by atoms with Gasteiger partial charge in [-0.05, 0) is 39.7 Å². The fourth-order valence-corrected chi connectivity index (χ4v) is 2.74. The number of carbonyl (C=O) groups excluding carboxylic acids is 1. The van der Waals surface area contributed by atoms with Crippen molar-refractivity contribution in [1.29, 1.82) is 0 Å². The van der Waals surface area contributed by atoms with Gasteiger partial charge < -0.3 is 15.0 Å². The standard InChI is InChI=1S/C16H23N5O2/c1-16(2,3)23-15(22)20-9-4-5-12(20)11-17-13-7-10-21-14(19-13)6-8-18-21/h6-8,10,12H,4-5,9,11H2,1-3H3,(H,17,19). The Labute approximate surface area is 135 Å². The van der Waals surface area contributed by atoms with Crippen LogP contribution in [0.2, 0.25) is 0 Å².